The van der Waals surface area contributed by atoms with Gasteiger partial charge in [0.2, 0.25) is 0 Å². The molecule has 1 aromatic heterocycles. The van der Waals surface area contributed by atoms with E-state index in [4.69, 9.17) is 0 Å². The third-order valence-corrected chi connectivity index (χ3v) is 4.21. The van der Waals surface area contributed by atoms with Crippen LogP contribution in [0.15, 0.2) is 60.7 Å². The molecular formula is C20H23N. The quantitative estimate of drug-likeness (QED) is 0.550. The van der Waals surface area contributed by atoms with Crippen molar-refractivity contribution in [1.29, 1.82) is 0 Å². The Balaban J connectivity index is 0.000000882. The molecule has 1 aliphatic carbocycles. The first kappa shape index (κ1) is 13.7. The van der Waals surface area contributed by atoms with Gasteiger partial charge in [-0.25, -0.2) is 0 Å². The van der Waals surface area contributed by atoms with Crippen molar-refractivity contribution in [2.24, 2.45) is 5.92 Å². The number of rotatable bonds is 3. The first-order valence-electron chi connectivity index (χ1n) is 7.16. The van der Waals surface area contributed by atoms with Gasteiger partial charge in [-0.05, 0) is 36.5 Å². The van der Waals surface area contributed by atoms with Crippen molar-refractivity contribution in [2.45, 2.75) is 20.3 Å². The van der Waals surface area contributed by atoms with Crippen LogP contribution in [0.1, 0.15) is 27.3 Å². The van der Waals surface area contributed by atoms with Gasteiger partial charge in [-0.2, -0.15) is 0 Å². The smallest absolute Gasteiger partial charge is 0.0470 e. The van der Waals surface area contributed by atoms with E-state index in [-0.39, 0.29) is 8.85 Å². The van der Waals surface area contributed by atoms with Crippen LogP contribution in [0.2, 0.25) is 0 Å². The van der Waals surface area contributed by atoms with Crippen LogP contribution in [0.3, 0.4) is 0 Å². The maximum Gasteiger partial charge on any atom is 0.0470 e. The molecule has 108 valence electrons. The molecule has 1 fully saturated rings. The Morgan fingerprint density at radius 3 is 2.71 bits per heavy atom. The van der Waals surface area contributed by atoms with Crippen LogP contribution < -0.4 is 0 Å². The van der Waals surface area contributed by atoms with Gasteiger partial charge in [-0.3, -0.25) is 0 Å². The average Bonchev–Trinajstić information content (AvgIpc) is 3.02. The number of benzene rings is 2. The summed E-state index contributed by atoms with van der Waals surface area (Å²) < 4.78 is 0. The van der Waals surface area contributed by atoms with E-state index in [0.717, 1.165) is 12.3 Å². The molecule has 1 aliphatic rings. The molecule has 2 aromatic carbocycles. The predicted molar refractivity (Wildman–Crippen MR) is 95.5 cm³/mol. The topological polar surface area (TPSA) is 15.8 Å². The van der Waals surface area contributed by atoms with Crippen molar-refractivity contribution in [2.75, 3.05) is 0 Å². The number of allylic oxidation sites excluding steroid dienone is 2. The second-order valence-corrected chi connectivity index (χ2v) is 5.64. The molecule has 0 saturated heterocycles. The van der Waals surface area contributed by atoms with E-state index in [2.05, 4.69) is 66.2 Å². The maximum absolute atomic E-state index is 4.02. The van der Waals surface area contributed by atoms with Gasteiger partial charge < -0.3 is 4.98 Å². The molecule has 0 amide bonds. The van der Waals surface area contributed by atoms with Crippen molar-refractivity contribution in [3.05, 3.63) is 66.3 Å². The summed E-state index contributed by atoms with van der Waals surface area (Å²) in [6, 6.07) is 15.0. The van der Waals surface area contributed by atoms with Crippen molar-refractivity contribution in [1.82, 2.24) is 4.98 Å². The van der Waals surface area contributed by atoms with E-state index < -0.39 is 0 Å². The van der Waals surface area contributed by atoms with Crippen LogP contribution in [0, 0.1) is 5.92 Å². The molecule has 1 nitrogen and oxygen atoms in total. The highest BCUT2D eigenvalue weighted by Gasteiger charge is 2.25. The molecule has 0 bridgehead atoms. The number of hydrogen-bond acceptors (Lipinski definition) is 0. The Morgan fingerprint density at radius 1 is 1.14 bits per heavy atom. The molecule has 4 rings (SSSR count). The fourth-order valence-electron chi connectivity index (χ4n) is 2.94. The molecule has 1 heterocycles. The van der Waals surface area contributed by atoms with Crippen molar-refractivity contribution in [3.8, 4) is 0 Å². The van der Waals surface area contributed by atoms with E-state index in [1.165, 1.54) is 39.4 Å². The first-order chi connectivity index (χ1) is 9.83. The Labute approximate surface area is 127 Å². The summed E-state index contributed by atoms with van der Waals surface area (Å²) in [4.78, 5) is 3.49. The average molecular weight is 277 g/mol. The fourth-order valence-corrected chi connectivity index (χ4v) is 2.94. The highest BCUT2D eigenvalue weighted by molar-refractivity contribution is 6.10. The second kappa shape index (κ2) is 5.25. The molecule has 1 N–H and O–H groups in total. The van der Waals surface area contributed by atoms with Gasteiger partial charge in [-0.1, -0.05) is 62.1 Å². The minimum atomic E-state index is 0. The molecule has 1 atom stereocenters. The standard InChI is InChI=1S/C19H17N.CH4.H2/c1-13-12-15(13)8-4-6-14-7-5-11-18-19(14)16-9-2-3-10-17(16)20-18;;/h2-7,9-11,15,20H,1,8,12H2;1H4;1H/b6-4-;;. The molecule has 21 heavy (non-hydrogen) atoms. The van der Waals surface area contributed by atoms with Gasteiger partial charge in [0.25, 0.3) is 0 Å². The van der Waals surface area contributed by atoms with Crippen LogP contribution in [0.25, 0.3) is 27.9 Å². The Kier molecular flexibility index (Phi) is 3.42. The van der Waals surface area contributed by atoms with Gasteiger partial charge >= 0.3 is 0 Å². The summed E-state index contributed by atoms with van der Waals surface area (Å²) in [5.74, 6) is 0.730. The fraction of sp³-hybridized carbons (Fsp3) is 0.200. The van der Waals surface area contributed by atoms with Gasteiger partial charge in [0.1, 0.15) is 0 Å². The summed E-state index contributed by atoms with van der Waals surface area (Å²) >= 11 is 0. The normalized spacial score (nSPS) is 17.5. The number of para-hydroxylation sites is 1. The molecule has 0 spiro atoms. The summed E-state index contributed by atoms with van der Waals surface area (Å²) in [5, 5.41) is 2.63. The molecule has 1 heteroatoms. The monoisotopic (exact) mass is 277 g/mol. The highest BCUT2D eigenvalue weighted by Crippen LogP contribution is 2.39. The zero-order valence-corrected chi connectivity index (χ0v) is 11.4. The molecule has 1 saturated carbocycles. The highest BCUT2D eigenvalue weighted by atomic mass is 14.7. The first-order valence-corrected chi connectivity index (χ1v) is 7.16. The number of hydrogen-bond donors (Lipinski definition) is 1. The summed E-state index contributed by atoms with van der Waals surface area (Å²) in [5.41, 5.74) is 5.12. The van der Waals surface area contributed by atoms with Crippen molar-refractivity contribution in [3.63, 3.8) is 0 Å². The lowest BCUT2D eigenvalue weighted by Crippen LogP contribution is -1.76. The van der Waals surface area contributed by atoms with E-state index in [0.29, 0.717) is 0 Å². The zero-order valence-electron chi connectivity index (χ0n) is 11.4. The largest absolute Gasteiger partial charge is 0.354 e. The SMILES string of the molecule is C.C=C1CC1C/C=C\c1cccc2[nH]c3ccccc3c12.[HH]. The second-order valence-electron chi connectivity index (χ2n) is 5.64. The summed E-state index contributed by atoms with van der Waals surface area (Å²) in [6.07, 6.45) is 6.88. The summed E-state index contributed by atoms with van der Waals surface area (Å²) in [7, 11) is 0. The minimum absolute atomic E-state index is 0. The van der Waals surface area contributed by atoms with Gasteiger partial charge in [0.15, 0.2) is 0 Å². The lowest BCUT2D eigenvalue weighted by atomic mass is 10.1. The van der Waals surface area contributed by atoms with E-state index in [1.54, 1.807) is 0 Å². The zero-order chi connectivity index (χ0) is 13.5. The van der Waals surface area contributed by atoms with E-state index in [9.17, 15) is 0 Å². The van der Waals surface area contributed by atoms with Crippen LogP contribution in [0.4, 0.5) is 0 Å². The molecule has 0 radical (unpaired) electrons. The molecule has 0 aliphatic heterocycles. The minimum Gasteiger partial charge on any atom is -0.354 e. The van der Waals surface area contributed by atoms with Gasteiger partial charge in [-0.15, -0.1) is 0 Å². The summed E-state index contributed by atoms with van der Waals surface area (Å²) in [6.45, 7) is 4.02. The Hall–Kier alpha value is -2.28. The third-order valence-electron chi connectivity index (χ3n) is 4.21. The van der Waals surface area contributed by atoms with Crippen molar-refractivity contribution >= 4 is 27.9 Å². The molecule has 1 unspecified atom stereocenters. The maximum atomic E-state index is 4.02. The van der Waals surface area contributed by atoms with E-state index in [1.807, 2.05) is 0 Å². The van der Waals surface area contributed by atoms with Gasteiger partial charge in [0.05, 0.1) is 0 Å². The molecule has 3 aromatic rings. The van der Waals surface area contributed by atoms with Crippen LogP contribution in [-0.2, 0) is 0 Å². The number of H-pyrrole nitrogens is 1. The van der Waals surface area contributed by atoms with Crippen molar-refractivity contribution < 1.29 is 1.43 Å². The number of fused-ring (bicyclic) bond motifs is 3. The number of nitrogens with one attached hydrogen (secondary N) is 1. The predicted octanol–water partition coefficient (Wildman–Crippen LogP) is 6.18. The van der Waals surface area contributed by atoms with Gasteiger partial charge in [0, 0.05) is 23.2 Å². The Morgan fingerprint density at radius 2 is 1.90 bits per heavy atom. The lowest BCUT2D eigenvalue weighted by molar-refractivity contribution is 0.897. The third kappa shape index (κ3) is 2.40. The number of aromatic amines is 1. The number of aromatic nitrogens is 1. The van der Waals surface area contributed by atoms with E-state index >= 15 is 0 Å². The lowest BCUT2D eigenvalue weighted by Gasteiger charge is -1.98. The van der Waals surface area contributed by atoms with Crippen LogP contribution >= 0.6 is 0 Å². The molecular weight excluding hydrogens is 254 g/mol. The van der Waals surface area contributed by atoms with Crippen LogP contribution in [0.5, 0.6) is 0 Å². The Bertz CT molecular complexity index is 841. The van der Waals surface area contributed by atoms with Crippen LogP contribution in [-0.4, -0.2) is 4.98 Å².